The molecule has 4 nitrogen and oxygen atoms in total. The summed E-state index contributed by atoms with van der Waals surface area (Å²) < 4.78 is 1.68. The van der Waals surface area contributed by atoms with Crippen LogP contribution in [0.15, 0.2) is 59.8 Å². The van der Waals surface area contributed by atoms with Crippen molar-refractivity contribution in [3.63, 3.8) is 0 Å². The molecule has 0 radical (unpaired) electrons. The molecule has 2 aromatic heterocycles. The largest absolute Gasteiger partial charge is 0.299 e. The molecule has 0 spiro atoms. The van der Waals surface area contributed by atoms with Crippen LogP contribution in [0.2, 0.25) is 0 Å². The minimum atomic E-state index is -0.00666. The third-order valence-electron chi connectivity index (χ3n) is 3.55. The van der Waals surface area contributed by atoms with Gasteiger partial charge in [-0.3, -0.25) is 9.36 Å². The molecule has 0 saturated heterocycles. The molecule has 0 saturated carbocycles. The number of nitrogens with zero attached hydrogens (tertiary/aromatic N) is 3. The van der Waals surface area contributed by atoms with Gasteiger partial charge in [0.15, 0.2) is 5.65 Å². The zero-order valence-corrected chi connectivity index (χ0v) is 11.8. The van der Waals surface area contributed by atoms with Crippen LogP contribution in [0.1, 0.15) is 18.4 Å². The van der Waals surface area contributed by atoms with Gasteiger partial charge in [-0.2, -0.15) is 0 Å². The normalized spacial score (nSPS) is 10.9. The molecule has 21 heavy (non-hydrogen) atoms. The summed E-state index contributed by atoms with van der Waals surface area (Å²) >= 11 is 0. The first-order chi connectivity index (χ1) is 10.3. The average Bonchev–Trinajstić information content (AvgIpc) is 2.55. The topological polar surface area (TPSA) is 47.8 Å². The Morgan fingerprint density at radius 3 is 2.67 bits per heavy atom. The second-order valence-corrected chi connectivity index (χ2v) is 5.06. The van der Waals surface area contributed by atoms with Crippen molar-refractivity contribution < 1.29 is 0 Å². The molecule has 0 fully saturated rings. The lowest BCUT2D eigenvalue weighted by molar-refractivity contribution is 0.589. The van der Waals surface area contributed by atoms with Crippen molar-refractivity contribution in [3.05, 3.63) is 70.9 Å². The molecule has 2 heterocycles. The maximum absolute atomic E-state index is 12.3. The molecule has 0 aliphatic heterocycles. The fourth-order valence-electron chi connectivity index (χ4n) is 2.41. The Morgan fingerprint density at radius 2 is 1.81 bits per heavy atom. The van der Waals surface area contributed by atoms with Crippen molar-refractivity contribution in [2.24, 2.45) is 0 Å². The van der Waals surface area contributed by atoms with E-state index in [0.717, 1.165) is 19.3 Å². The first-order valence-electron chi connectivity index (χ1n) is 7.19. The lowest BCUT2D eigenvalue weighted by Gasteiger charge is -2.06. The highest BCUT2D eigenvalue weighted by Gasteiger charge is 2.03. The Kier molecular flexibility index (Phi) is 4.05. The van der Waals surface area contributed by atoms with Crippen LogP contribution < -0.4 is 5.56 Å². The van der Waals surface area contributed by atoms with Crippen LogP contribution in [0.25, 0.3) is 11.0 Å². The molecule has 3 rings (SSSR count). The highest BCUT2D eigenvalue weighted by molar-refractivity contribution is 5.72. The number of benzene rings is 1. The predicted octanol–water partition coefficient (Wildman–Crippen LogP) is 2.81. The van der Waals surface area contributed by atoms with E-state index in [0.29, 0.717) is 17.6 Å². The lowest BCUT2D eigenvalue weighted by atomic mass is 10.1. The summed E-state index contributed by atoms with van der Waals surface area (Å²) in [6.07, 6.45) is 6.31. The molecule has 0 atom stereocenters. The van der Waals surface area contributed by atoms with Crippen LogP contribution in [0.5, 0.6) is 0 Å². The molecular weight excluding hydrogens is 262 g/mol. The minimum absolute atomic E-state index is 0.00666. The van der Waals surface area contributed by atoms with Crippen molar-refractivity contribution in [2.75, 3.05) is 0 Å². The Balaban J connectivity index is 1.63. The summed E-state index contributed by atoms with van der Waals surface area (Å²) in [6.45, 7) is 0.698. The summed E-state index contributed by atoms with van der Waals surface area (Å²) in [5, 5.41) is 0.586. The third kappa shape index (κ3) is 3.16. The number of aryl methyl sites for hydroxylation is 2. The quantitative estimate of drug-likeness (QED) is 0.675. The monoisotopic (exact) mass is 279 g/mol. The second-order valence-electron chi connectivity index (χ2n) is 5.06. The zero-order valence-electron chi connectivity index (χ0n) is 11.8. The third-order valence-corrected chi connectivity index (χ3v) is 3.55. The Morgan fingerprint density at radius 1 is 0.952 bits per heavy atom. The number of hydrogen-bond donors (Lipinski definition) is 0. The van der Waals surface area contributed by atoms with Gasteiger partial charge in [0.05, 0.1) is 11.7 Å². The summed E-state index contributed by atoms with van der Waals surface area (Å²) in [4.78, 5) is 20.6. The first kappa shape index (κ1) is 13.5. The highest BCUT2D eigenvalue weighted by Crippen LogP contribution is 2.06. The number of fused-ring (bicyclic) bond motifs is 1. The molecular formula is C17H17N3O. The van der Waals surface area contributed by atoms with E-state index in [4.69, 9.17) is 0 Å². The van der Waals surface area contributed by atoms with Gasteiger partial charge in [0.2, 0.25) is 0 Å². The molecule has 0 amide bonds. The van der Waals surface area contributed by atoms with E-state index < -0.39 is 0 Å². The van der Waals surface area contributed by atoms with Gasteiger partial charge in [0.1, 0.15) is 0 Å². The van der Waals surface area contributed by atoms with E-state index in [1.807, 2.05) is 6.07 Å². The van der Waals surface area contributed by atoms with E-state index in [9.17, 15) is 4.79 Å². The molecule has 0 aliphatic carbocycles. The van der Waals surface area contributed by atoms with Crippen LogP contribution in [0.3, 0.4) is 0 Å². The molecule has 0 bridgehead atoms. The number of hydrogen-bond acceptors (Lipinski definition) is 3. The van der Waals surface area contributed by atoms with Crippen LogP contribution in [0.4, 0.5) is 0 Å². The van der Waals surface area contributed by atoms with Crippen molar-refractivity contribution in [1.82, 2.24) is 14.5 Å². The number of aromatic nitrogens is 3. The lowest BCUT2D eigenvalue weighted by Crippen LogP contribution is -2.21. The fraction of sp³-hybridized carbons (Fsp3) is 0.235. The van der Waals surface area contributed by atoms with Gasteiger partial charge >= 0.3 is 0 Å². The molecule has 4 heteroatoms. The molecule has 3 aromatic rings. The van der Waals surface area contributed by atoms with Gasteiger partial charge in [-0.15, -0.1) is 0 Å². The average molecular weight is 279 g/mol. The van der Waals surface area contributed by atoms with Crippen molar-refractivity contribution in [2.45, 2.75) is 25.8 Å². The predicted molar refractivity (Wildman–Crippen MR) is 83.2 cm³/mol. The SMILES string of the molecule is O=c1c2cccnc2ncn1CCCCc1ccccc1. The molecule has 0 N–H and O–H groups in total. The van der Waals surface area contributed by atoms with E-state index >= 15 is 0 Å². The van der Waals surface area contributed by atoms with E-state index in [1.165, 1.54) is 5.56 Å². The van der Waals surface area contributed by atoms with E-state index in [1.54, 1.807) is 29.2 Å². The number of pyridine rings is 1. The van der Waals surface area contributed by atoms with Gasteiger partial charge in [-0.05, 0) is 37.0 Å². The second kappa shape index (κ2) is 6.31. The van der Waals surface area contributed by atoms with E-state index in [2.05, 4.69) is 34.2 Å². The zero-order chi connectivity index (χ0) is 14.5. The standard InChI is InChI=1S/C17H17N3O/c21-17-15-10-6-11-18-16(15)19-13-20(17)12-5-4-9-14-7-2-1-3-8-14/h1-3,6-8,10-11,13H,4-5,9,12H2. The van der Waals surface area contributed by atoms with Gasteiger partial charge in [-0.1, -0.05) is 30.3 Å². The fourth-order valence-corrected chi connectivity index (χ4v) is 2.41. The Hall–Kier alpha value is -2.49. The van der Waals surface area contributed by atoms with Crippen LogP contribution in [-0.4, -0.2) is 14.5 Å². The molecule has 0 aliphatic rings. The summed E-state index contributed by atoms with van der Waals surface area (Å²) in [5.41, 5.74) is 1.85. The maximum Gasteiger partial charge on any atom is 0.262 e. The van der Waals surface area contributed by atoms with Crippen molar-refractivity contribution >= 4 is 11.0 Å². The summed E-state index contributed by atoms with van der Waals surface area (Å²) in [6, 6.07) is 14.0. The van der Waals surface area contributed by atoms with Crippen LogP contribution in [0, 0.1) is 0 Å². The minimum Gasteiger partial charge on any atom is -0.299 e. The van der Waals surface area contributed by atoms with Crippen LogP contribution in [-0.2, 0) is 13.0 Å². The van der Waals surface area contributed by atoms with Crippen molar-refractivity contribution in [1.29, 1.82) is 0 Å². The molecule has 1 aromatic carbocycles. The summed E-state index contributed by atoms with van der Waals surface area (Å²) in [5.74, 6) is 0. The molecule has 106 valence electrons. The van der Waals surface area contributed by atoms with Gasteiger partial charge in [0.25, 0.3) is 5.56 Å². The first-order valence-corrected chi connectivity index (χ1v) is 7.19. The Bertz CT molecular complexity index is 781. The maximum atomic E-state index is 12.3. The Labute approximate surface area is 123 Å². The smallest absolute Gasteiger partial charge is 0.262 e. The van der Waals surface area contributed by atoms with E-state index in [-0.39, 0.29) is 5.56 Å². The van der Waals surface area contributed by atoms with Crippen molar-refractivity contribution in [3.8, 4) is 0 Å². The van der Waals surface area contributed by atoms with Gasteiger partial charge in [-0.25, -0.2) is 9.97 Å². The summed E-state index contributed by atoms with van der Waals surface area (Å²) in [7, 11) is 0. The highest BCUT2D eigenvalue weighted by atomic mass is 16.1. The number of rotatable bonds is 5. The van der Waals surface area contributed by atoms with Gasteiger partial charge in [0, 0.05) is 12.7 Å². The van der Waals surface area contributed by atoms with Crippen LogP contribution >= 0.6 is 0 Å². The number of unbranched alkanes of at least 4 members (excludes halogenated alkanes) is 1. The van der Waals surface area contributed by atoms with Gasteiger partial charge < -0.3 is 0 Å². The molecule has 0 unspecified atom stereocenters.